The summed E-state index contributed by atoms with van der Waals surface area (Å²) >= 11 is 5.32. The van der Waals surface area contributed by atoms with Gasteiger partial charge >= 0.3 is 0 Å². The number of halogens is 1. The number of benzene rings is 1. The second-order valence-electron chi connectivity index (χ2n) is 4.76. The molecule has 2 aromatic rings. The fraction of sp³-hybridized carbons (Fsp3) is 0.467. The molecule has 0 saturated heterocycles. The minimum atomic E-state index is 0.269. The Morgan fingerprint density at radius 3 is 2.71 bits per heavy atom. The van der Waals surface area contributed by atoms with Crippen LogP contribution in [0.4, 0.5) is 0 Å². The number of nitrogens with zero attached hydrogens (tertiary/aromatic N) is 3. The van der Waals surface area contributed by atoms with Gasteiger partial charge in [0.05, 0.1) is 17.9 Å². The van der Waals surface area contributed by atoms with Crippen molar-refractivity contribution in [2.45, 2.75) is 37.8 Å². The van der Waals surface area contributed by atoms with Gasteiger partial charge in [-0.2, -0.15) is 0 Å². The molecule has 6 heteroatoms. The Kier molecular flexibility index (Phi) is 6.73. The number of aromatic nitrogens is 3. The van der Waals surface area contributed by atoms with E-state index in [0.29, 0.717) is 0 Å². The standard InChI is InChI=1S/C15H21BrN4S/c1-3-9-20-15(10-18-19-20)14(17-4-2)11-21-13-7-5-12(16)6-8-13/h5-8,10,14,17H,3-4,9,11H2,1-2H3. The van der Waals surface area contributed by atoms with Crippen LogP contribution in [0.5, 0.6) is 0 Å². The van der Waals surface area contributed by atoms with Crippen molar-refractivity contribution < 1.29 is 0 Å². The molecule has 1 N–H and O–H groups in total. The molecule has 2 rings (SSSR count). The van der Waals surface area contributed by atoms with Gasteiger partial charge in [-0.25, -0.2) is 4.68 Å². The first-order chi connectivity index (χ1) is 10.2. The van der Waals surface area contributed by atoms with E-state index in [1.807, 2.05) is 22.6 Å². The zero-order valence-electron chi connectivity index (χ0n) is 12.4. The van der Waals surface area contributed by atoms with Gasteiger partial charge in [-0.05, 0) is 37.2 Å². The summed E-state index contributed by atoms with van der Waals surface area (Å²) in [6.07, 6.45) is 2.94. The lowest BCUT2D eigenvalue weighted by Gasteiger charge is -2.18. The molecule has 0 radical (unpaired) electrons. The summed E-state index contributed by atoms with van der Waals surface area (Å²) in [6, 6.07) is 8.70. The molecule has 21 heavy (non-hydrogen) atoms. The smallest absolute Gasteiger partial charge is 0.0765 e. The predicted molar refractivity (Wildman–Crippen MR) is 91.6 cm³/mol. The summed E-state index contributed by atoms with van der Waals surface area (Å²) in [5, 5.41) is 11.8. The lowest BCUT2D eigenvalue weighted by atomic mass is 10.2. The van der Waals surface area contributed by atoms with Crippen LogP contribution in [-0.4, -0.2) is 27.3 Å². The molecule has 1 aromatic carbocycles. The average Bonchev–Trinajstić information content (AvgIpc) is 2.94. The van der Waals surface area contributed by atoms with Crippen LogP contribution < -0.4 is 5.32 Å². The quantitative estimate of drug-likeness (QED) is 0.717. The van der Waals surface area contributed by atoms with E-state index in [4.69, 9.17) is 0 Å². The van der Waals surface area contributed by atoms with Gasteiger partial charge in [0.25, 0.3) is 0 Å². The summed E-state index contributed by atoms with van der Waals surface area (Å²) in [6.45, 7) is 6.14. The number of hydrogen-bond acceptors (Lipinski definition) is 4. The minimum Gasteiger partial charge on any atom is -0.308 e. The molecular weight excluding hydrogens is 348 g/mol. The van der Waals surface area contributed by atoms with Crippen molar-refractivity contribution in [2.75, 3.05) is 12.3 Å². The Labute approximate surface area is 138 Å². The summed E-state index contributed by atoms with van der Waals surface area (Å²) in [7, 11) is 0. The van der Waals surface area contributed by atoms with Crippen molar-refractivity contribution >= 4 is 27.7 Å². The Bertz CT molecular complexity index is 541. The zero-order chi connectivity index (χ0) is 15.1. The maximum Gasteiger partial charge on any atom is 0.0765 e. The van der Waals surface area contributed by atoms with E-state index in [-0.39, 0.29) is 6.04 Å². The molecule has 0 aliphatic carbocycles. The van der Waals surface area contributed by atoms with Gasteiger partial charge in [0.2, 0.25) is 0 Å². The normalized spacial score (nSPS) is 12.5. The fourth-order valence-corrected chi connectivity index (χ4v) is 3.37. The number of rotatable bonds is 8. The highest BCUT2D eigenvalue weighted by molar-refractivity contribution is 9.10. The van der Waals surface area contributed by atoms with Crippen molar-refractivity contribution in [3.05, 3.63) is 40.6 Å². The molecule has 1 heterocycles. The number of hydrogen-bond donors (Lipinski definition) is 1. The van der Waals surface area contributed by atoms with Gasteiger partial charge in [-0.1, -0.05) is 35.0 Å². The SMILES string of the molecule is CCCn1nncc1C(CSc1ccc(Br)cc1)NCC. The Hall–Kier alpha value is -0.850. The average molecular weight is 369 g/mol. The van der Waals surface area contributed by atoms with Crippen LogP contribution in [0.1, 0.15) is 32.0 Å². The van der Waals surface area contributed by atoms with E-state index in [2.05, 4.69) is 69.7 Å². The van der Waals surface area contributed by atoms with Crippen LogP contribution in [0.15, 0.2) is 39.8 Å². The minimum absolute atomic E-state index is 0.269. The Balaban J connectivity index is 2.04. The van der Waals surface area contributed by atoms with Crippen molar-refractivity contribution in [1.82, 2.24) is 20.3 Å². The van der Waals surface area contributed by atoms with Crippen molar-refractivity contribution in [2.24, 2.45) is 0 Å². The number of aryl methyl sites for hydroxylation is 1. The van der Waals surface area contributed by atoms with Crippen LogP contribution in [0.3, 0.4) is 0 Å². The Morgan fingerprint density at radius 2 is 2.05 bits per heavy atom. The monoisotopic (exact) mass is 368 g/mol. The highest BCUT2D eigenvalue weighted by Crippen LogP contribution is 2.25. The van der Waals surface area contributed by atoms with Gasteiger partial charge in [-0.15, -0.1) is 16.9 Å². The molecule has 0 spiro atoms. The van der Waals surface area contributed by atoms with Gasteiger partial charge in [0.1, 0.15) is 0 Å². The summed E-state index contributed by atoms with van der Waals surface area (Å²) in [5.74, 6) is 0.965. The van der Waals surface area contributed by atoms with E-state index in [1.165, 1.54) is 10.6 Å². The second kappa shape index (κ2) is 8.56. The number of thioether (sulfide) groups is 1. The first-order valence-electron chi connectivity index (χ1n) is 7.24. The molecule has 0 amide bonds. The molecule has 1 unspecified atom stereocenters. The first-order valence-corrected chi connectivity index (χ1v) is 9.02. The maximum atomic E-state index is 4.19. The third kappa shape index (κ3) is 4.83. The first kappa shape index (κ1) is 16.5. The third-order valence-corrected chi connectivity index (χ3v) is 4.76. The van der Waals surface area contributed by atoms with Crippen molar-refractivity contribution in [3.63, 3.8) is 0 Å². The molecule has 0 bridgehead atoms. The summed E-state index contributed by atoms with van der Waals surface area (Å²) in [5.41, 5.74) is 1.17. The molecule has 0 saturated carbocycles. The van der Waals surface area contributed by atoms with Crippen molar-refractivity contribution in [1.29, 1.82) is 0 Å². The largest absolute Gasteiger partial charge is 0.308 e. The van der Waals surface area contributed by atoms with Crippen LogP contribution in [0.25, 0.3) is 0 Å². The molecule has 1 aromatic heterocycles. The summed E-state index contributed by atoms with van der Waals surface area (Å²) < 4.78 is 3.12. The van der Waals surface area contributed by atoms with Gasteiger partial charge < -0.3 is 5.32 Å². The summed E-state index contributed by atoms with van der Waals surface area (Å²) in [4.78, 5) is 1.27. The van der Waals surface area contributed by atoms with Crippen molar-refractivity contribution in [3.8, 4) is 0 Å². The molecule has 114 valence electrons. The molecule has 0 aliphatic heterocycles. The van der Waals surface area contributed by atoms with E-state index < -0.39 is 0 Å². The lowest BCUT2D eigenvalue weighted by Crippen LogP contribution is -2.25. The van der Waals surface area contributed by atoms with E-state index in [1.54, 1.807) is 0 Å². The van der Waals surface area contributed by atoms with Gasteiger partial charge in [-0.3, -0.25) is 0 Å². The second-order valence-corrected chi connectivity index (χ2v) is 6.77. The number of nitrogens with one attached hydrogen (secondary N) is 1. The van der Waals surface area contributed by atoms with E-state index in [0.717, 1.165) is 29.7 Å². The maximum absolute atomic E-state index is 4.19. The zero-order valence-corrected chi connectivity index (χ0v) is 14.8. The molecular formula is C15H21BrN4S. The fourth-order valence-electron chi connectivity index (χ4n) is 2.13. The topological polar surface area (TPSA) is 42.7 Å². The highest BCUT2D eigenvalue weighted by atomic mass is 79.9. The van der Waals surface area contributed by atoms with E-state index >= 15 is 0 Å². The molecule has 4 nitrogen and oxygen atoms in total. The van der Waals surface area contributed by atoms with Crippen LogP contribution in [-0.2, 0) is 6.54 Å². The Morgan fingerprint density at radius 1 is 1.29 bits per heavy atom. The van der Waals surface area contributed by atoms with Crippen LogP contribution in [0.2, 0.25) is 0 Å². The molecule has 0 fully saturated rings. The molecule has 0 aliphatic rings. The predicted octanol–water partition coefficient (Wildman–Crippen LogP) is 3.89. The van der Waals surface area contributed by atoms with E-state index in [9.17, 15) is 0 Å². The van der Waals surface area contributed by atoms with Crippen LogP contribution in [0, 0.1) is 0 Å². The highest BCUT2D eigenvalue weighted by Gasteiger charge is 2.16. The molecule has 1 atom stereocenters. The van der Waals surface area contributed by atoms with Gasteiger partial charge in [0, 0.05) is 21.7 Å². The lowest BCUT2D eigenvalue weighted by molar-refractivity contribution is 0.501. The third-order valence-electron chi connectivity index (χ3n) is 3.12. The van der Waals surface area contributed by atoms with Crippen LogP contribution >= 0.6 is 27.7 Å². The van der Waals surface area contributed by atoms with Gasteiger partial charge in [0.15, 0.2) is 0 Å².